The fourth-order valence-electron chi connectivity index (χ4n) is 1.77. The van der Waals surface area contributed by atoms with Crippen LogP contribution in [-0.2, 0) is 0 Å². The van der Waals surface area contributed by atoms with E-state index < -0.39 is 0 Å². The molecule has 0 aliphatic carbocycles. The second-order valence-electron chi connectivity index (χ2n) is 3.54. The summed E-state index contributed by atoms with van der Waals surface area (Å²) in [5.41, 5.74) is 1.31. The van der Waals surface area contributed by atoms with Gasteiger partial charge in [-0.25, -0.2) is 0 Å². The molecule has 0 radical (unpaired) electrons. The summed E-state index contributed by atoms with van der Waals surface area (Å²) in [6.07, 6.45) is 3.30. The van der Waals surface area contributed by atoms with Crippen molar-refractivity contribution in [1.29, 1.82) is 0 Å². The van der Waals surface area contributed by atoms with E-state index in [-0.39, 0.29) is 5.43 Å². The van der Waals surface area contributed by atoms with Crippen LogP contribution in [0.3, 0.4) is 0 Å². The smallest absolute Gasteiger partial charge is 0.197 e. The molecule has 0 bridgehead atoms. The number of pyridine rings is 1. The Kier molecular flexibility index (Phi) is 1.90. The zero-order valence-corrected chi connectivity index (χ0v) is 8.42. The number of nitrogens with zero attached hydrogens (tertiary/aromatic N) is 2. The van der Waals surface area contributed by atoms with Gasteiger partial charge >= 0.3 is 0 Å². The molecule has 16 heavy (non-hydrogen) atoms. The molecule has 2 heterocycles. The molecule has 0 N–H and O–H groups in total. The average molecular weight is 208 g/mol. The molecule has 0 aliphatic heterocycles. The highest BCUT2D eigenvalue weighted by atomic mass is 16.1. The van der Waals surface area contributed by atoms with Crippen molar-refractivity contribution < 1.29 is 0 Å². The Morgan fingerprint density at radius 2 is 1.56 bits per heavy atom. The molecule has 3 nitrogen and oxygen atoms in total. The molecule has 0 spiro atoms. The Bertz CT molecular complexity index is 676. The molecule has 76 valence electrons. The van der Waals surface area contributed by atoms with Crippen molar-refractivity contribution in [2.75, 3.05) is 0 Å². The molecule has 3 aromatic rings. The van der Waals surface area contributed by atoms with Gasteiger partial charge in [-0.05, 0) is 24.3 Å². The Labute approximate surface area is 91.4 Å². The monoisotopic (exact) mass is 208 g/mol. The molecule has 3 heteroatoms. The molecule has 0 fully saturated rings. The molecule has 2 aromatic heterocycles. The summed E-state index contributed by atoms with van der Waals surface area (Å²) in [5.74, 6) is 0. The van der Waals surface area contributed by atoms with E-state index in [1.807, 2.05) is 18.2 Å². The third kappa shape index (κ3) is 1.26. The van der Waals surface area contributed by atoms with Crippen molar-refractivity contribution >= 4 is 21.8 Å². The van der Waals surface area contributed by atoms with E-state index in [0.717, 1.165) is 0 Å². The largest absolute Gasteiger partial charge is 0.288 e. The van der Waals surface area contributed by atoms with Gasteiger partial charge in [-0.15, -0.1) is 0 Å². The van der Waals surface area contributed by atoms with Crippen LogP contribution < -0.4 is 5.43 Å². The van der Waals surface area contributed by atoms with Gasteiger partial charge in [0.25, 0.3) is 0 Å². The zero-order valence-electron chi connectivity index (χ0n) is 8.42. The first-order chi connectivity index (χ1) is 7.86. The maximum absolute atomic E-state index is 12.2. The third-order valence-corrected chi connectivity index (χ3v) is 2.56. The summed E-state index contributed by atoms with van der Waals surface area (Å²) in [4.78, 5) is 20.6. The van der Waals surface area contributed by atoms with Crippen LogP contribution in [0.4, 0.5) is 0 Å². The maximum atomic E-state index is 12.2. The van der Waals surface area contributed by atoms with Crippen molar-refractivity contribution in [1.82, 2.24) is 9.97 Å². The van der Waals surface area contributed by atoms with Gasteiger partial charge < -0.3 is 0 Å². The summed E-state index contributed by atoms with van der Waals surface area (Å²) in [6.45, 7) is 0. The van der Waals surface area contributed by atoms with Crippen LogP contribution in [0.5, 0.6) is 0 Å². The number of benzene rings is 1. The predicted octanol–water partition coefficient (Wildman–Crippen LogP) is 2.14. The highest BCUT2D eigenvalue weighted by molar-refractivity contribution is 5.88. The van der Waals surface area contributed by atoms with Crippen molar-refractivity contribution in [2.24, 2.45) is 0 Å². The summed E-state index contributed by atoms with van der Waals surface area (Å²) in [7, 11) is 0. The fraction of sp³-hybridized carbons (Fsp3) is 0. The molecule has 0 aliphatic rings. The van der Waals surface area contributed by atoms with E-state index in [1.165, 1.54) is 0 Å². The minimum Gasteiger partial charge on any atom is -0.288 e. The van der Waals surface area contributed by atoms with Crippen molar-refractivity contribution in [3.63, 3.8) is 0 Å². The number of para-hydroxylation sites is 1. The van der Waals surface area contributed by atoms with Crippen LogP contribution in [0.25, 0.3) is 21.8 Å². The fourth-order valence-corrected chi connectivity index (χ4v) is 1.77. The van der Waals surface area contributed by atoms with E-state index in [2.05, 4.69) is 9.97 Å². The normalized spacial score (nSPS) is 10.8. The van der Waals surface area contributed by atoms with Crippen LogP contribution in [0, 0.1) is 0 Å². The van der Waals surface area contributed by atoms with Crippen molar-refractivity contribution in [3.05, 3.63) is 59.0 Å². The van der Waals surface area contributed by atoms with E-state index in [4.69, 9.17) is 0 Å². The standard InChI is InChI=1S/C13H8N2O/c16-13-9-4-1-2-6-11(9)15-8-12-10(13)5-3-7-14-12/h1-8H. The summed E-state index contributed by atoms with van der Waals surface area (Å²) in [6, 6.07) is 10.9. The number of rotatable bonds is 0. The Hall–Kier alpha value is -2.29. The molecular weight excluding hydrogens is 200 g/mol. The van der Waals surface area contributed by atoms with Crippen LogP contribution >= 0.6 is 0 Å². The van der Waals surface area contributed by atoms with Crippen LogP contribution in [0.1, 0.15) is 0 Å². The number of hydrogen-bond acceptors (Lipinski definition) is 3. The van der Waals surface area contributed by atoms with E-state index in [9.17, 15) is 4.79 Å². The van der Waals surface area contributed by atoms with Gasteiger partial charge in [0.15, 0.2) is 5.43 Å². The SMILES string of the molecule is O=c1c2ccccc2ncc2ncccc12. The average Bonchev–Trinajstić information content (AvgIpc) is 2.49. The Morgan fingerprint density at radius 3 is 2.50 bits per heavy atom. The lowest BCUT2D eigenvalue weighted by Gasteiger charge is -1.88. The summed E-state index contributed by atoms with van der Waals surface area (Å²) >= 11 is 0. The molecule has 0 amide bonds. The Balaban J connectivity index is 2.69. The number of aromatic nitrogens is 2. The zero-order chi connectivity index (χ0) is 11.0. The van der Waals surface area contributed by atoms with Crippen LogP contribution in [0.15, 0.2) is 53.6 Å². The Morgan fingerprint density at radius 1 is 0.812 bits per heavy atom. The highest BCUT2D eigenvalue weighted by Crippen LogP contribution is 2.09. The minimum absolute atomic E-state index is 0.0174. The summed E-state index contributed by atoms with van der Waals surface area (Å²) in [5, 5.41) is 1.24. The lowest BCUT2D eigenvalue weighted by atomic mass is 10.2. The summed E-state index contributed by atoms with van der Waals surface area (Å²) < 4.78 is 0. The highest BCUT2D eigenvalue weighted by Gasteiger charge is 2.02. The first-order valence-electron chi connectivity index (χ1n) is 4.99. The van der Waals surface area contributed by atoms with E-state index in [1.54, 1.807) is 30.6 Å². The first-order valence-corrected chi connectivity index (χ1v) is 4.99. The molecule has 0 unspecified atom stereocenters. The van der Waals surface area contributed by atoms with Gasteiger partial charge in [-0.2, -0.15) is 0 Å². The van der Waals surface area contributed by atoms with E-state index >= 15 is 0 Å². The van der Waals surface area contributed by atoms with Gasteiger partial charge in [0.2, 0.25) is 0 Å². The first kappa shape index (κ1) is 8.97. The number of fused-ring (bicyclic) bond motifs is 2. The van der Waals surface area contributed by atoms with Crippen LogP contribution in [0.2, 0.25) is 0 Å². The lowest BCUT2D eigenvalue weighted by Crippen LogP contribution is -1.98. The minimum atomic E-state index is -0.0174. The van der Waals surface area contributed by atoms with Crippen molar-refractivity contribution in [3.8, 4) is 0 Å². The maximum Gasteiger partial charge on any atom is 0.197 e. The molecule has 3 rings (SSSR count). The molecule has 0 saturated heterocycles. The second-order valence-corrected chi connectivity index (χ2v) is 3.54. The molecule has 1 aromatic carbocycles. The predicted molar refractivity (Wildman–Crippen MR) is 63.3 cm³/mol. The molecular formula is C13H8N2O. The topological polar surface area (TPSA) is 42.9 Å². The second kappa shape index (κ2) is 3.38. The quantitative estimate of drug-likeness (QED) is 0.568. The van der Waals surface area contributed by atoms with E-state index in [0.29, 0.717) is 21.8 Å². The third-order valence-electron chi connectivity index (χ3n) is 2.56. The van der Waals surface area contributed by atoms with Crippen LogP contribution in [-0.4, -0.2) is 9.97 Å². The van der Waals surface area contributed by atoms with Crippen molar-refractivity contribution in [2.45, 2.75) is 0 Å². The van der Waals surface area contributed by atoms with Gasteiger partial charge in [-0.1, -0.05) is 12.1 Å². The molecule has 0 saturated carbocycles. The van der Waals surface area contributed by atoms with Gasteiger partial charge in [0.05, 0.1) is 17.2 Å². The molecule has 0 atom stereocenters. The van der Waals surface area contributed by atoms with Gasteiger partial charge in [0, 0.05) is 17.0 Å². The van der Waals surface area contributed by atoms with Gasteiger partial charge in [-0.3, -0.25) is 14.8 Å². The van der Waals surface area contributed by atoms with Gasteiger partial charge in [0.1, 0.15) is 0 Å². The number of hydrogen-bond donors (Lipinski definition) is 0. The lowest BCUT2D eigenvalue weighted by molar-refractivity contribution is 1.37.